The van der Waals surface area contributed by atoms with Crippen molar-refractivity contribution >= 4 is 17.4 Å². The Bertz CT molecular complexity index is 357. The summed E-state index contributed by atoms with van der Waals surface area (Å²) in [6.07, 6.45) is 0.362. The van der Waals surface area contributed by atoms with Gasteiger partial charge in [0.25, 0.3) is 0 Å². The van der Waals surface area contributed by atoms with Crippen LogP contribution in [0.3, 0.4) is 0 Å². The summed E-state index contributed by atoms with van der Waals surface area (Å²) >= 11 is 1.45. The fourth-order valence-electron chi connectivity index (χ4n) is 1.10. The number of ether oxygens (including phenoxy) is 2. The van der Waals surface area contributed by atoms with E-state index in [4.69, 9.17) is 15.2 Å². The number of aliphatic hydroxyl groups excluding tert-OH is 1. The number of nitrogen functional groups attached to an aromatic ring is 1. The molecular formula is C11H15NO3S. The van der Waals surface area contributed by atoms with Gasteiger partial charge in [-0.25, -0.2) is 0 Å². The SMILES string of the molecule is C=COC(O)CSc1ccc(N)c(OC)c1. The molecule has 0 fully saturated rings. The molecule has 1 unspecified atom stereocenters. The number of benzene rings is 1. The van der Waals surface area contributed by atoms with Crippen molar-refractivity contribution in [1.29, 1.82) is 0 Å². The lowest BCUT2D eigenvalue weighted by Crippen LogP contribution is -2.10. The molecule has 0 heterocycles. The van der Waals surface area contributed by atoms with Gasteiger partial charge in [-0.1, -0.05) is 6.58 Å². The first-order chi connectivity index (χ1) is 7.67. The van der Waals surface area contributed by atoms with Gasteiger partial charge in [-0.15, -0.1) is 11.8 Å². The van der Waals surface area contributed by atoms with Crippen LogP contribution in [0, 0.1) is 0 Å². The van der Waals surface area contributed by atoms with Gasteiger partial charge < -0.3 is 20.3 Å². The third-order valence-corrected chi connectivity index (χ3v) is 2.89. The van der Waals surface area contributed by atoms with Gasteiger partial charge in [0.15, 0.2) is 0 Å². The minimum absolute atomic E-state index is 0.416. The normalized spacial score (nSPS) is 11.9. The molecule has 0 spiro atoms. The van der Waals surface area contributed by atoms with Crippen molar-refractivity contribution in [2.75, 3.05) is 18.6 Å². The van der Waals surface area contributed by atoms with Crippen LogP contribution in [0.1, 0.15) is 0 Å². The highest BCUT2D eigenvalue weighted by Crippen LogP contribution is 2.28. The first kappa shape index (κ1) is 12.7. The van der Waals surface area contributed by atoms with E-state index < -0.39 is 6.29 Å². The summed E-state index contributed by atoms with van der Waals surface area (Å²) in [7, 11) is 1.57. The average Bonchev–Trinajstić information content (AvgIpc) is 2.28. The van der Waals surface area contributed by atoms with Gasteiger partial charge in [0, 0.05) is 4.90 Å². The Labute approximate surface area is 99.1 Å². The van der Waals surface area contributed by atoms with Crippen molar-refractivity contribution in [3.05, 3.63) is 31.0 Å². The van der Waals surface area contributed by atoms with E-state index in [0.717, 1.165) is 4.90 Å². The minimum Gasteiger partial charge on any atom is -0.495 e. The molecule has 1 atom stereocenters. The van der Waals surface area contributed by atoms with Crippen LogP contribution in [0.5, 0.6) is 5.75 Å². The molecule has 0 aliphatic carbocycles. The van der Waals surface area contributed by atoms with Crippen molar-refractivity contribution in [3.8, 4) is 5.75 Å². The monoisotopic (exact) mass is 241 g/mol. The molecule has 1 aromatic carbocycles. The van der Waals surface area contributed by atoms with E-state index in [-0.39, 0.29) is 0 Å². The molecule has 88 valence electrons. The molecular weight excluding hydrogens is 226 g/mol. The molecule has 0 radical (unpaired) electrons. The van der Waals surface area contributed by atoms with Gasteiger partial charge in [-0.05, 0) is 18.2 Å². The van der Waals surface area contributed by atoms with Crippen molar-refractivity contribution in [2.24, 2.45) is 0 Å². The maximum absolute atomic E-state index is 9.32. The van der Waals surface area contributed by atoms with Crippen LogP contribution in [-0.2, 0) is 4.74 Å². The van der Waals surface area contributed by atoms with E-state index in [1.807, 2.05) is 12.1 Å². The van der Waals surface area contributed by atoms with E-state index in [0.29, 0.717) is 17.2 Å². The highest BCUT2D eigenvalue weighted by molar-refractivity contribution is 7.99. The molecule has 0 saturated carbocycles. The van der Waals surface area contributed by atoms with Crippen LogP contribution in [0.25, 0.3) is 0 Å². The molecule has 0 aliphatic heterocycles. The molecule has 3 N–H and O–H groups in total. The Morgan fingerprint density at radius 1 is 1.62 bits per heavy atom. The topological polar surface area (TPSA) is 64.7 Å². The summed E-state index contributed by atoms with van der Waals surface area (Å²) in [5.41, 5.74) is 6.27. The molecule has 0 aliphatic rings. The first-order valence-corrected chi connectivity index (χ1v) is 5.66. The number of hydrogen-bond acceptors (Lipinski definition) is 5. The van der Waals surface area contributed by atoms with E-state index in [1.54, 1.807) is 13.2 Å². The maximum Gasteiger partial charge on any atom is 0.205 e. The largest absolute Gasteiger partial charge is 0.495 e. The van der Waals surface area contributed by atoms with Gasteiger partial charge in [0.05, 0.1) is 24.8 Å². The van der Waals surface area contributed by atoms with Crippen LogP contribution in [0.2, 0.25) is 0 Å². The number of hydrogen-bond donors (Lipinski definition) is 2. The lowest BCUT2D eigenvalue weighted by atomic mass is 10.3. The molecule has 5 heteroatoms. The zero-order valence-corrected chi connectivity index (χ0v) is 9.87. The molecule has 0 saturated heterocycles. The Morgan fingerprint density at radius 3 is 3.00 bits per heavy atom. The fourth-order valence-corrected chi connectivity index (χ4v) is 1.87. The number of anilines is 1. The summed E-state index contributed by atoms with van der Waals surface area (Å²) in [5, 5.41) is 9.32. The summed E-state index contributed by atoms with van der Waals surface area (Å²) in [6.45, 7) is 3.37. The number of rotatable bonds is 6. The van der Waals surface area contributed by atoms with Crippen LogP contribution < -0.4 is 10.5 Å². The van der Waals surface area contributed by atoms with Crippen molar-refractivity contribution in [1.82, 2.24) is 0 Å². The summed E-state index contributed by atoms with van der Waals surface area (Å²) < 4.78 is 9.88. The highest BCUT2D eigenvalue weighted by atomic mass is 32.2. The third kappa shape index (κ3) is 3.67. The van der Waals surface area contributed by atoms with E-state index in [1.165, 1.54) is 18.0 Å². The second kappa shape index (κ2) is 6.30. The molecule has 0 aromatic heterocycles. The van der Waals surface area contributed by atoms with Crippen molar-refractivity contribution in [3.63, 3.8) is 0 Å². The molecule has 0 bridgehead atoms. The fraction of sp³-hybridized carbons (Fsp3) is 0.273. The van der Waals surface area contributed by atoms with Gasteiger partial charge in [0.2, 0.25) is 6.29 Å². The number of methoxy groups -OCH3 is 1. The Balaban J connectivity index is 2.57. The number of nitrogens with two attached hydrogens (primary N) is 1. The molecule has 1 rings (SSSR count). The number of thioether (sulfide) groups is 1. The quantitative estimate of drug-likeness (QED) is 0.344. The van der Waals surface area contributed by atoms with E-state index >= 15 is 0 Å². The summed E-state index contributed by atoms with van der Waals surface area (Å²) in [5.74, 6) is 1.04. The van der Waals surface area contributed by atoms with Crippen molar-refractivity contribution in [2.45, 2.75) is 11.2 Å². The van der Waals surface area contributed by atoms with Gasteiger partial charge in [0.1, 0.15) is 5.75 Å². The zero-order chi connectivity index (χ0) is 12.0. The predicted molar refractivity (Wildman–Crippen MR) is 65.4 cm³/mol. The zero-order valence-electron chi connectivity index (χ0n) is 9.05. The summed E-state index contributed by atoms with van der Waals surface area (Å²) in [6, 6.07) is 5.45. The minimum atomic E-state index is -0.856. The molecule has 4 nitrogen and oxygen atoms in total. The van der Waals surface area contributed by atoms with Crippen LogP contribution in [0.4, 0.5) is 5.69 Å². The average molecular weight is 241 g/mol. The Kier molecular flexibility index (Phi) is 5.01. The second-order valence-corrected chi connectivity index (χ2v) is 4.07. The van der Waals surface area contributed by atoms with Crippen LogP contribution >= 0.6 is 11.8 Å². The molecule has 1 aromatic rings. The Hall–Kier alpha value is -1.33. The van der Waals surface area contributed by atoms with Gasteiger partial charge >= 0.3 is 0 Å². The van der Waals surface area contributed by atoms with E-state index in [9.17, 15) is 5.11 Å². The second-order valence-electron chi connectivity index (χ2n) is 2.97. The molecule has 0 amide bonds. The third-order valence-electron chi connectivity index (χ3n) is 1.85. The van der Waals surface area contributed by atoms with Gasteiger partial charge in [-0.3, -0.25) is 0 Å². The lowest BCUT2D eigenvalue weighted by Gasteiger charge is -2.10. The van der Waals surface area contributed by atoms with Crippen LogP contribution in [-0.4, -0.2) is 24.3 Å². The predicted octanol–water partition coefficient (Wildman–Crippen LogP) is 1.85. The smallest absolute Gasteiger partial charge is 0.205 e. The van der Waals surface area contributed by atoms with Crippen LogP contribution in [0.15, 0.2) is 35.9 Å². The first-order valence-electron chi connectivity index (χ1n) is 4.68. The maximum atomic E-state index is 9.32. The van der Waals surface area contributed by atoms with Crippen molar-refractivity contribution < 1.29 is 14.6 Å². The highest BCUT2D eigenvalue weighted by Gasteiger charge is 2.06. The lowest BCUT2D eigenvalue weighted by molar-refractivity contribution is -0.0305. The summed E-state index contributed by atoms with van der Waals surface area (Å²) in [4.78, 5) is 0.956. The van der Waals surface area contributed by atoms with Gasteiger partial charge in [-0.2, -0.15) is 0 Å². The standard InChI is InChI=1S/C11H15NO3S/c1-3-15-11(13)7-16-8-4-5-9(12)10(6-8)14-2/h3-6,11,13H,1,7,12H2,2H3. The Morgan fingerprint density at radius 2 is 2.38 bits per heavy atom. The number of aliphatic hydroxyl groups is 1. The molecule has 16 heavy (non-hydrogen) atoms. The van der Waals surface area contributed by atoms with E-state index in [2.05, 4.69) is 6.58 Å².